The summed E-state index contributed by atoms with van der Waals surface area (Å²) in [5.41, 5.74) is 4.02. The zero-order chi connectivity index (χ0) is 9.84. The third-order valence-corrected chi connectivity index (χ3v) is 2.86. The van der Waals surface area contributed by atoms with Crippen LogP contribution in [0.2, 0.25) is 0 Å². The van der Waals surface area contributed by atoms with Crippen LogP contribution in [0.5, 0.6) is 0 Å². The summed E-state index contributed by atoms with van der Waals surface area (Å²) in [6, 6.07) is 5.83. The minimum atomic E-state index is 0.659. The fourth-order valence-electron chi connectivity index (χ4n) is 1.07. The predicted molar refractivity (Wildman–Crippen MR) is 72.5 cm³/mol. The van der Waals surface area contributed by atoms with E-state index in [1.807, 2.05) is 25.1 Å². The lowest BCUT2D eigenvalue weighted by Crippen LogP contribution is -2.03. The summed E-state index contributed by atoms with van der Waals surface area (Å²) >= 11 is 2.30. The van der Waals surface area contributed by atoms with Crippen molar-refractivity contribution in [2.75, 3.05) is 5.09 Å². The van der Waals surface area contributed by atoms with E-state index < -0.39 is 0 Å². The highest BCUT2D eigenvalue weighted by molar-refractivity contribution is 14.2. The first-order valence-electron chi connectivity index (χ1n) is 3.82. The molecule has 0 aromatic heterocycles. The number of hydrogen-bond acceptors (Lipinski definition) is 1. The Morgan fingerprint density at radius 2 is 2.31 bits per heavy atom. The van der Waals surface area contributed by atoms with E-state index in [1.165, 1.54) is 0 Å². The Kier molecular flexibility index (Phi) is 4.27. The van der Waals surface area contributed by atoms with Gasteiger partial charge in [-0.05, 0) is 46.2 Å². The molecule has 2 radical (unpaired) electrons. The summed E-state index contributed by atoms with van der Waals surface area (Å²) in [4.78, 5) is 0. The van der Waals surface area contributed by atoms with Crippen LogP contribution >= 0.6 is 28.4 Å². The van der Waals surface area contributed by atoms with Crippen molar-refractivity contribution in [2.45, 2.75) is 6.92 Å². The molecule has 0 bridgehead atoms. The molecule has 0 spiro atoms. The second kappa shape index (κ2) is 5.01. The molecule has 0 amide bonds. The number of nitrogens with one attached hydrogen (secondary N) is 1. The van der Waals surface area contributed by atoms with Crippen molar-refractivity contribution < 1.29 is 0 Å². The number of allylic oxidation sites excluding steroid dienone is 1. The van der Waals surface area contributed by atoms with Gasteiger partial charge in [-0.2, -0.15) is 0 Å². The van der Waals surface area contributed by atoms with Crippen LogP contribution < -0.4 is 10.6 Å². The molecule has 0 saturated heterocycles. The van der Waals surface area contributed by atoms with Crippen molar-refractivity contribution in [1.82, 2.24) is 0 Å². The number of hydrogen-bond donors (Lipinski definition) is 1. The van der Waals surface area contributed by atoms with Gasteiger partial charge in [-0.15, -0.1) is 0 Å². The van der Waals surface area contributed by atoms with Gasteiger partial charge in [0.25, 0.3) is 0 Å². The van der Waals surface area contributed by atoms with Crippen LogP contribution in [-0.4, -0.2) is 7.85 Å². The first-order valence-corrected chi connectivity index (χ1v) is 7.93. The SMILES string of the molecule is [B]c1ccc(NPI)c(C(=C)C)c1. The van der Waals surface area contributed by atoms with E-state index in [9.17, 15) is 0 Å². The molecule has 0 aliphatic carbocycles. The van der Waals surface area contributed by atoms with E-state index in [4.69, 9.17) is 7.85 Å². The Morgan fingerprint density at radius 3 is 2.85 bits per heavy atom. The quantitative estimate of drug-likeness (QED) is 0.514. The Balaban J connectivity index is 3.10. The summed E-state index contributed by atoms with van der Waals surface area (Å²) in [7, 11) is 5.69. The third kappa shape index (κ3) is 2.99. The zero-order valence-electron chi connectivity index (χ0n) is 7.39. The Labute approximate surface area is 95.1 Å². The molecular formula is C9H10BINP. The molecule has 1 atom stereocenters. The standard InChI is InChI=1S/C9H10BINP/c1-6(2)8-5-7(10)3-4-9(8)12-13-11/h3-5,12-13H,1H2,2H3. The fourth-order valence-corrected chi connectivity index (χ4v) is 2.27. The molecular weight excluding hydrogens is 291 g/mol. The molecule has 0 fully saturated rings. The second-order valence-electron chi connectivity index (χ2n) is 2.80. The van der Waals surface area contributed by atoms with Crippen LogP contribution in [0.1, 0.15) is 12.5 Å². The molecule has 1 aromatic carbocycles. The summed E-state index contributed by atoms with van der Waals surface area (Å²) < 4.78 is 0. The molecule has 1 aromatic rings. The van der Waals surface area contributed by atoms with Gasteiger partial charge in [0.1, 0.15) is 7.85 Å². The molecule has 0 aliphatic rings. The normalized spacial score (nSPS) is 10.6. The molecule has 0 saturated carbocycles. The molecule has 1 N–H and O–H groups in total. The lowest BCUT2D eigenvalue weighted by Gasteiger charge is -2.10. The lowest BCUT2D eigenvalue weighted by molar-refractivity contribution is 1.60. The van der Waals surface area contributed by atoms with Crippen molar-refractivity contribution in [2.24, 2.45) is 0 Å². The van der Waals surface area contributed by atoms with Gasteiger partial charge < -0.3 is 5.09 Å². The van der Waals surface area contributed by atoms with Crippen molar-refractivity contribution in [3.05, 3.63) is 30.3 Å². The van der Waals surface area contributed by atoms with Crippen molar-refractivity contribution in [3.8, 4) is 0 Å². The van der Waals surface area contributed by atoms with Gasteiger partial charge in [-0.1, -0.05) is 24.2 Å². The molecule has 13 heavy (non-hydrogen) atoms. The van der Waals surface area contributed by atoms with E-state index in [1.54, 1.807) is 0 Å². The van der Waals surface area contributed by atoms with Gasteiger partial charge in [0, 0.05) is 12.1 Å². The summed E-state index contributed by atoms with van der Waals surface area (Å²) in [5.74, 6) is 0. The molecule has 66 valence electrons. The Morgan fingerprint density at radius 1 is 1.62 bits per heavy atom. The van der Waals surface area contributed by atoms with Gasteiger partial charge in [0.2, 0.25) is 0 Å². The van der Waals surface area contributed by atoms with E-state index in [2.05, 4.69) is 33.7 Å². The molecule has 0 aliphatic heterocycles. The van der Waals surface area contributed by atoms with Gasteiger partial charge in [0.05, 0.1) is 0 Å². The van der Waals surface area contributed by atoms with Gasteiger partial charge in [-0.3, -0.25) is 0 Å². The number of rotatable bonds is 3. The molecule has 4 heteroatoms. The number of benzene rings is 1. The topological polar surface area (TPSA) is 12.0 Å². The fraction of sp³-hybridized carbons (Fsp3) is 0.111. The maximum atomic E-state index is 5.69. The van der Waals surface area contributed by atoms with Crippen molar-refractivity contribution >= 4 is 53.0 Å². The first-order chi connectivity index (χ1) is 6.15. The number of halogens is 1. The lowest BCUT2D eigenvalue weighted by atomic mass is 9.92. The maximum Gasteiger partial charge on any atom is 0.113 e. The zero-order valence-corrected chi connectivity index (χ0v) is 10.6. The molecule has 1 rings (SSSR count). The van der Waals surface area contributed by atoms with Gasteiger partial charge >= 0.3 is 0 Å². The highest BCUT2D eigenvalue weighted by Crippen LogP contribution is 2.28. The van der Waals surface area contributed by atoms with Crippen LogP contribution in [0, 0.1) is 0 Å². The van der Waals surface area contributed by atoms with Crippen molar-refractivity contribution in [1.29, 1.82) is 0 Å². The first kappa shape index (κ1) is 11.1. The van der Waals surface area contributed by atoms with Crippen LogP contribution in [0.25, 0.3) is 5.57 Å². The van der Waals surface area contributed by atoms with Crippen LogP contribution in [0.4, 0.5) is 5.69 Å². The van der Waals surface area contributed by atoms with E-state index in [-0.39, 0.29) is 0 Å². The third-order valence-electron chi connectivity index (χ3n) is 1.69. The van der Waals surface area contributed by atoms with E-state index in [0.29, 0.717) is 6.37 Å². The molecule has 1 unspecified atom stereocenters. The van der Waals surface area contributed by atoms with E-state index >= 15 is 0 Å². The van der Waals surface area contributed by atoms with Crippen molar-refractivity contribution in [3.63, 3.8) is 0 Å². The maximum absolute atomic E-state index is 5.69. The van der Waals surface area contributed by atoms with Crippen LogP contribution in [0.3, 0.4) is 0 Å². The average Bonchev–Trinajstić information content (AvgIpc) is 2.08. The summed E-state index contributed by atoms with van der Waals surface area (Å²) in [6.07, 6.45) is 0.659. The Bertz CT molecular complexity index is 327. The highest BCUT2D eigenvalue weighted by Gasteiger charge is 2.01. The van der Waals surface area contributed by atoms with Gasteiger partial charge in [-0.25, -0.2) is 0 Å². The summed E-state index contributed by atoms with van der Waals surface area (Å²) in [6.45, 7) is 5.90. The predicted octanol–water partition coefficient (Wildman–Crippen LogP) is 2.87. The average molecular weight is 301 g/mol. The smallest absolute Gasteiger partial charge is 0.113 e. The van der Waals surface area contributed by atoms with Gasteiger partial charge in [0.15, 0.2) is 0 Å². The minimum Gasteiger partial charge on any atom is -0.358 e. The van der Waals surface area contributed by atoms with Crippen LogP contribution in [-0.2, 0) is 0 Å². The summed E-state index contributed by atoms with van der Waals surface area (Å²) in [5, 5.41) is 3.28. The van der Waals surface area contributed by atoms with Crippen LogP contribution in [0.15, 0.2) is 24.8 Å². The highest BCUT2D eigenvalue weighted by atomic mass is 127. The molecule has 1 nitrogen and oxygen atoms in total. The Hall–Kier alpha value is -0.0151. The van der Waals surface area contributed by atoms with E-state index in [0.717, 1.165) is 22.3 Å². The molecule has 0 heterocycles. The largest absolute Gasteiger partial charge is 0.358 e. The minimum absolute atomic E-state index is 0.659. The monoisotopic (exact) mass is 301 g/mol. The second-order valence-corrected chi connectivity index (χ2v) is 4.86. The number of anilines is 1.